The summed E-state index contributed by atoms with van der Waals surface area (Å²) in [5.41, 5.74) is 6.86. The van der Waals surface area contributed by atoms with Crippen molar-refractivity contribution in [3.05, 3.63) is 34.6 Å². The molecule has 19 heavy (non-hydrogen) atoms. The Hall–Kier alpha value is -0.680. The van der Waals surface area contributed by atoms with Gasteiger partial charge in [-0.2, -0.15) is 0 Å². The summed E-state index contributed by atoms with van der Waals surface area (Å²) in [6, 6.07) is 5.05. The molecular formula is C14H19ClFN3. The molecule has 1 aromatic rings. The standard InChI is InChI=1S/C14H19ClFN3/c15-11-2-1-3-12(16)10(11)8-13(17)14-9-18-4-6-19(14)7-5-18/h1-3,13-14H,4-9,17H2. The summed E-state index contributed by atoms with van der Waals surface area (Å²) in [6.07, 6.45) is 0.501. The molecule has 5 heteroatoms. The minimum absolute atomic E-state index is 0.0718. The first-order chi connectivity index (χ1) is 9.15. The number of nitrogens with two attached hydrogens (primary N) is 1. The number of nitrogens with zero attached hydrogens (tertiary/aromatic N) is 2. The molecule has 0 amide bonds. The van der Waals surface area contributed by atoms with Gasteiger partial charge in [0.15, 0.2) is 0 Å². The molecule has 3 heterocycles. The Morgan fingerprint density at radius 3 is 2.63 bits per heavy atom. The van der Waals surface area contributed by atoms with Gasteiger partial charge in [0.25, 0.3) is 0 Å². The Balaban J connectivity index is 1.73. The normalized spacial score (nSPS) is 31.4. The monoisotopic (exact) mass is 283 g/mol. The van der Waals surface area contributed by atoms with Crippen LogP contribution < -0.4 is 5.73 Å². The van der Waals surface area contributed by atoms with E-state index in [4.69, 9.17) is 17.3 Å². The van der Waals surface area contributed by atoms with Crippen molar-refractivity contribution in [1.29, 1.82) is 0 Å². The molecule has 4 rings (SSSR count). The van der Waals surface area contributed by atoms with Gasteiger partial charge in [0.05, 0.1) is 0 Å². The van der Waals surface area contributed by atoms with E-state index in [9.17, 15) is 4.39 Å². The van der Waals surface area contributed by atoms with E-state index >= 15 is 0 Å². The van der Waals surface area contributed by atoms with Crippen LogP contribution in [0.3, 0.4) is 0 Å². The zero-order valence-corrected chi connectivity index (χ0v) is 11.6. The lowest BCUT2D eigenvalue weighted by atomic mass is 9.95. The van der Waals surface area contributed by atoms with Crippen LogP contribution in [0.2, 0.25) is 5.02 Å². The summed E-state index contributed by atoms with van der Waals surface area (Å²) in [5, 5.41) is 0.478. The summed E-state index contributed by atoms with van der Waals surface area (Å²) >= 11 is 6.07. The van der Waals surface area contributed by atoms with Gasteiger partial charge in [0, 0.05) is 55.4 Å². The molecule has 0 radical (unpaired) electrons. The van der Waals surface area contributed by atoms with Gasteiger partial charge in [-0.15, -0.1) is 0 Å². The number of piperazine rings is 3. The maximum absolute atomic E-state index is 13.8. The summed E-state index contributed by atoms with van der Waals surface area (Å²) in [4.78, 5) is 4.87. The lowest BCUT2D eigenvalue weighted by Crippen LogP contribution is -2.66. The second kappa shape index (κ2) is 5.37. The fraction of sp³-hybridized carbons (Fsp3) is 0.571. The average Bonchev–Trinajstić information content (AvgIpc) is 2.44. The van der Waals surface area contributed by atoms with Gasteiger partial charge in [-0.25, -0.2) is 4.39 Å². The van der Waals surface area contributed by atoms with Gasteiger partial charge in [-0.3, -0.25) is 9.80 Å². The summed E-state index contributed by atoms with van der Waals surface area (Å²) in [5.74, 6) is -0.251. The van der Waals surface area contributed by atoms with Crippen LogP contribution in [-0.4, -0.2) is 54.6 Å². The van der Waals surface area contributed by atoms with E-state index < -0.39 is 0 Å². The van der Waals surface area contributed by atoms with Gasteiger partial charge in [0.2, 0.25) is 0 Å². The molecule has 0 aliphatic carbocycles. The first kappa shape index (κ1) is 13.3. The van der Waals surface area contributed by atoms with Crippen molar-refractivity contribution >= 4 is 11.6 Å². The molecule has 1 aromatic carbocycles. The SMILES string of the molecule is NC(Cc1c(F)cccc1Cl)C1CN2CCN1CC2. The van der Waals surface area contributed by atoms with Crippen LogP contribution in [0.1, 0.15) is 5.56 Å². The predicted octanol–water partition coefficient (Wildman–Crippen LogP) is 1.35. The molecule has 3 aliphatic heterocycles. The molecule has 2 unspecified atom stereocenters. The van der Waals surface area contributed by atoms with Crippen molar-refractivity contribution in [3.63, 3.8) is 0 Å². The quantitative estimate of drug-likeness (QED) is 0.909. The molecule has 104 valence electrons. The molecule has 0 aromatic heterocycles. The van der Waals surface area contributed by atoms with Crippen molar-refractivity contribution in [2.75, 3.05) is 32.7 Å². The number of hydrogen-bond donors (Lipinski definition) is 1. The highest BCUT2D eigenvalue weighted by Gasteiger charge is 2.35. The number of rotatable bonds is 3. The number of halogens is 2. The van der Waals surface area contributed by atoms with Gasteiger partial charge in [-0.1, -0.05) is 17.7 Å². The van der Waals surface area contributed by atoms with Gasteiger partial charge < -0.3 is 5.73 Å². The highest BCUT2D eigenvalue weighted by Crippen LogP contribution is 2.24. The van der Waals surface area contributed by atoms with Crippen molar-refractivity contribution in [2.45, 2.75) is 18.5 Å². The molecule has 2 atom stereocenters. The smallest absolute Gasteiger partial charge is 0.127 e. The van der Waals surface area contributed by atoms with E-state index in [2.05, 4.69) is 9.80 Å². The molecular weight excluding hydrogens is 265 g/mol. The topological polar surface area (TPSA) is 32.5 Å². The van der Waals surface area contributed by atoms with Gasteiger partial charge in [0.1, 0.15) is 5.82 Å². The van der Waals surface area contributed by atoms with Crippen LogP contribution in [0, 0.1) is 5.82 Å². The third-order valence-electron chi connectivity index (χ3n) is 4.32. The molecule has 2 N–H and O–H groups in total. The van der Waals surface area contributed by atoms with Crippen molar-refractivity contribution in [3.8, 4) is 0 Å². The van der Waals surface area contributed by atoms with E-state index in [0.29, 0.717) is 23.0 Å². The molecule has 0 spiro atoms. The van der Waals surface area contributed by atoms with Crippen LogP contribution in [0.5, 0.6) is 0 Å². The predicted molar refractivity (Wildman–Crippen MR) is 74.9 cm³/mol. The van der Waals surface area contributed by atoms with Gasteiger partial charge in [-0.05, 0) is 18.6 Å². The molecule has 3 nitrogen and oxygen atoms in total. The number of hydrogen-bond acceptors (Lipinski definition) is 3. The fourth-order valence-corrected chi connectivity index (χ4v) is 3.40. The number of fused-ring (bicyclic) bond motifs is 3. The third-order valence-corrected chi connectivity index (χ3v) is 4.67. The van der Waals surface area contributed by atoms with Crippen molar-refractivity contribution in [2.24, 2.45) is 5.73 Å². The second-order valence-corrected chi connectivity index (χ2v) is 5.88. The van der Waals surface area contributed by atoms with Crippen LogP contribution in [0.25, 0.3) is 0 Å². The van der Waals surface area contributed by atoms with Crippen LogP contribution in [0.15, 0.2) is 18.2 Å². The lowest BCUT2D eigenvalue weighted by Gasteiger charge is -2.49. The zero-order chi connectivity index (χ0) is 13.4. The van der Waals surface area contributed by atoms with Crippen LogP contribution in [-0.2, 0) is 6.42 Å². The zero-order valence-electron chi connectivity index (χ0n) is 10.9. The van der Waals surface area contributed by atoms with Crippen LogP contribution >= 0.6 is 11.6 Å². The molecule has 3 aliphatic rings. The molecule has 3 fully saturated rings. The number of benzene rings is 1. The van der Waals surface area contributed by atoms with E-state index in [1.807, 2.05) is 0 Å². The first-order valence-corrected chi connectivity index (χ1v) is 7.18. The Morgan fingerprint density at radius 1 is 1.32 bits per heavy atom. The Kier molecular flexibility index (Phi) is 3.76. The Morgan fingerprint density at radius 2 is 2.05 bits per heavy atom. The maximum Gasteiger partial charge on any atom is 0.127 e. The maximum atomic E-state index is 13.8. The van der Waals surface area contributed by atoms with Crippen LogP contribution in [0.4, 0.5) is 4.39 Å². The van der Waals surface area contributed by atoms with E-state index in [1.165, 1.54) is 6.07 Å². The molecule has 3 saturated heterocycles. The minimum atomic E-state index is -0.251. The Labute approximate surface area is 118 Å². The summed E-state index contributed by atoms with van der Waals surface area (Å²) in [6.45, 7) is 5.40. The average molecular weight is 284 g/mol. The van der Waals surface area contributed by atoms with E-state index in [1.54, 1.807) is 12.1 Å². The highest BCUT2D eigenvalue weighted by molar-refractivity contribution is 6.31. The Bertz CT molecular complexity index is 440. The summed E-state index contributed by atoms with van der Waals surface area (Å²) < 4.78 is 13.8. The van der Waals surface area contributed by atoms with Gasteiger partial charge >= 0.3 is 0 Å². The van der Waals surface area contributed by atoms with Crippen molar-refractivity contribution < 1.29 is 4.39 Å². The van der Waals surface area contributed by atoms with E-state index in [-0.39, 0.29) is 11.9 Å². The fourth-order valence-electron chi connectivity index (χ4n) is 3.16. The molecule has 0 saturated carbocycles. The summed E-state index contributed by atoms with van der Waals surface area (Å²) in [7, 11) is 0. The largest absolute Gasteiger partial charge is 0.326 e. The highest BCUT2D eigenvalue weighted by atomic mass is 35.5. The lowest BCUT2D eigenvalue weighted by molar-refractivity contribution is 0.00250. The molecule has 2 bridgehead atoms. The van der Waals surface area contributed by atoms with E-state index in [0.717, 1.165) is 32.7 Å². The first-order valence-electron chi connectivity index (χ1n) is 6.80. The third kappa shape index (κ3) is 2.63. The second-order valence-electron chi connectivity index (χ2n) is 5.47. The minimum Gasteiger partial charge on any atom is -0.326 e. The van der Waals surface area contributed by atoms with Crippen molar-refractivity contribution in [1.82, 2.24) is 9.80 Å².